The number of hydrogen-bond acceptors (Lipinski definition) is 5. The van der Waals surface area contributed by atoms with Crippen molar-refractivity contribution in [3.63, 3.8) is 0 Å². The molecule has 0 amide bonds. The summed E-state index contributed by atoms with van der Waals surface area (Å²) in [5.41, 5.74) is 5.30. The maximum atomic E-state index is 5.30. The molecule has 0 spiro atoms. The Kier molecular flexibility index (Phi) is 3.38. The van der Waals surface area contributed by atoms with Gasteiger partial charge in [0, 0.05) is 18.7 Å². The van der Waals surface area contributed by atoms with Gasteiger partial charge in [-0.2, -0.15) is 0 Å². The molecule has 2 N–H and O–H groups in total. The van der Waals surface area contributed by atoms with Gasteiger partial charge in [-0.15, -0.1) is 10.2 Å². The van der Waals surface area contributed by atoms with Crippen molar-refractivity contribution in [2.75, 3.05) is 12.3 Å². The fourth-order valence-corrected chi connectivity index (χ4v) is 1.13. The molecule has 1 rings (SSSR count). The first-order valence-corrected chi connectivity index (χ1v) is 4.50. The molecule has 0 aromatic carbocycles. The fourth-order valence-electron chi connectivity index (χ4n) is 0.586. The van der Waals surface area contributed by atoms with Gasteiger partial charge in [-0.25, -0.2) is 0 Å². The average Bonchev–Trinajstić information content (AvgIpc) is 2.48. The maximum Gasteiger partial charge on any atom is 0.276 e. The second-order valence-electron chi connectivity index (χ2n) is 1.95. The van der Waals surface area contributed by atoms with Crippen LogP contribution in [0.15, 0.2) is 9.64 Å². The van der Waals surface area contributed by atoms with Crippen molar-refractivity contribution in [1.29, 1.82) is 0 Å². The van der Waals surface area contributed by atoms with Gasteiger partial charge in [0.05, 0.1) is 0 Å². The van der Waals surface area contributed by atoms with Crippen molar-refractivity contribution in [2.24, 2.45) is 5.73 Å². The van der Waals surface area contributed by atoms with E-state index in [-0.39, 0.29) is 0 Å². The topological polar surface area (TPSA) is 64.9 Å². The molecule has 0 aliphatic heterocycles. The summed E-state index contributed by atoms with van der Waals surface area (Å²) >= 11 is 1.49. The Morgan fingerprint density at radius 3 is 2.91 bits per heavy atom. The summed E-state index contributed by atoms with van der Waals surface area (Å²) in [6.45, 7) is 2.61. The lowest BCUT2D eigenvalue weighted by Gasteiger charge is -1.88. The summed E-state index contributed by atoms with van der Waals surface area (Å²) in [4.78, 5) is 0. The van der Waals surface area contributed by atoms with Gasteiger partial charge in [-0.3, -0.25) is 0 Å². The van der Waals surface area contributed by atoms with Crippen molar-refractivity contribution in [2.45, 2.75) is 18.6 Å². The molecule has 4 nitrogen and oxygen atoms in total. The van der Waals surface area contributed by atoms with E-state index in [9.17, 15) is 0 Å². The number of aryl methyl sites for hydroxylation is 1. The van der Waals surface area contributed by atoms with Crippen molar-refractivity contribution in [1.82, 2.24) is 10.2 Å². The summed E-state index contributed by atoms with van der Waals surface area (Å²) in [5, 5.41) is 8.24. The second kappa shape index (κ2) is 4.35. The van der Waals surface area contributed by atoms with Crippen LogP contribution >= 0.6 is 11.8 Å². The molecule has 0 unspecified atom stereocenters. The molecule has 1 heterocycles. The van der Waals surface area contributed by atoms with E-state index in [0.717, 1.165) is 12.2 Å². The molecular formula is C6H11N3OS. The summed E-state index contributed by atoms with van der Waals surface area (Å²) in [6.07, 6.45) is 0.788. The van der Waals surface area contributed by atoms with Gasteiger partial charge in [-0.1, -0.05) is 18.7 Å². The van der Waals surface area contributed by atoms with Crippen LogP contribution in [0.2, 0.25) is 0 Å². The number of nitrogens with two attached hydrogens (primary N) is 1. The summed E-state index contributed by atoms with van der Waals surface area (Å²) in [5.74, 6) is 1.51. The lowest BCUT2D eigenvalue weighted by molar-refractivity contribution is 0.417. The molecule has 62 valence electrons. The first kappa shape index (κ1) is 8.55. The van der Waals surface area contributed by atoms with E-state index >= 15 is 0 Å². The van der Waals surface area contributed by atoms with E-state index in [1.165, 1.54) is 11.8 Å². The van der Waals surface area contributed by atoms with Crippen LogP contribution < -0.4 is 5.73 Å². The molecule has 1 aromatic rings. The van der Waals surface area contributed by atoms with Crippen molar-refractivity contribution in [3.05, 3.63) is 5.89 Å². The molecular weight excluding hydrogens is 162 g/mol. The van der Waals surface area contributed by atoms with Crippen LogP contribution in [0.3, 0.4) is 0 Å². The second-order valence-corrected chi connectivity index (χ2v) is 3.00. The van der Waals surface area contributed by atoms with E-state index in [4.69, 9.17) is 10.2 Å². The molecule has 0 atom stereocenters. The Morgan fingerprint density at radius 1 is 1.55 bits per heavy atom. The molecule has 0 aliphatic rings. The zero-order valence-electron chi connectivity index (χ0n) is 6.41. The van der Waals surface area contributed by atoms with Crippen LogP contribution in [0.1, 0.15) is 12.8 Å². The van der Waals surface area contributed by atoms with Gasteiger partial charge in [0.1, 0.15) is 0 Å². The molecule has 5 heteroatoms. The van der Waals surface area contributed by atoms with E-state index < -0.39 is 0 Å². The standard InChI is InChI=1S/C6H11N3OS/c1-2-5-8-9-6(10-5)11-4-3-7/h2-4,7H2,1H3. The predicted molar refractivity (Wildman–Crippen MR) is 43.5 cm³/mol. The Labute approximate surface area is 69.6 Å². The lowest BCUT2D eigenvalue weighted by Crippen LogP contribution is -2.00. The number of nitrogens with zero attached hydrogens (tertiary/aromatic N) is 2. The minimum atomic E-state index is 0.618. The fraction of sp³-hybridized carbons (Fsp3) is 0.667. The van der Waals surface area contributed by atoms with Crippen LogP contribution in [0, 0.1) is 0 Å². The summed E-state index contributed by atoms with van der Waals surface area (Å²) < 4.78 is 5.22. The van der Waals surface area contributed by atoms with Crippen LogP contribution in [-0.4, -0.2) is 22.5 Å². The van der Waals surface area contributed by atoms with E-state index in [1.807, 2.05) is 6.92 Å². The number of hydrogen-bond donors (Lipinski definition) is 1. The Hall–Kier alpha value is -0.550. The van der Waals surface area contributed by atoms with Crippen molar-refractivity contribution >= 4 is 11.8 Å². The molecule has 0 fully saturated rings. The molecule has 1 aromatic heterocycles. The highest BCUT2D eigenvalue weighted by molar-refractivity contribution is 7.99. The summed E-state index contributed by atoms with van der Waals surface area (Å²) in [6, 6.07) is 0. The molecule has 0 saturated heterocycles. The molecule has 0 bridgehead atoms. The van der Waals surface area contributed by atoms with Gasteiger partial charge < -0.3 is 10.2 Å². The normalized spacial score (nSPS) is 10.4. The van der Waals surface area contributed by atoms with Gasteiger partial charge in [0.15, 0.2) is 0 Å². The number of aromatic nitrogens is 2. The SMILES string of the molecule is CCc1nnc(SCCN)o1. The first-order chi connectivity index (χ1) is 5.36. The first-order valence-electron chi connectivity index (χ1n) is 3.52. The molecule has 0 saturated carbocycles. The lowest BCUT2D eigenvalue weighted by atomic mass is 10.5. The number of rotatable bonds is 4. The Bertz CT molecular complexity index is 213. The predicted octanol–water partition coefficient (Wildman–Crippen LogP) is 0.683. The third-order valence-corrected chi connectivity index (χ3v) is 1.95. The minimum absolute atomic E-state index is 0.618. The zero-order valence-corrected chi connectivity index (χ0v) is 7.23. The van der Waals surface area contributed by atoms with Crippen LogP contribution in [0.25, 0.3) is 0 Å². The van der Waals surface area contributed by atoms with Crippen molar-refractivity contribution in [3.8, 4) is 0 Å². The van der Waals surface area contributed by atoms with Crippen molar-refractivity contribution < 1.29 is 4.42 Å². The van der Waals surface area contributed by atoms with E-state index in [1.54, 1.807) is 0 Å². The highest BCUT2D eigenvalue weighted by Gasteiger charge is 2.02. The van der Waals surface area contributed by atoms with Crippen LogP contribution in [-0.2, 0) is 6.42 Å². The van der Waals surface area contributed by atoms with E-state index in [2.05, 4.69) is 10.2 Å². The minimum Gasteiger partial charge on any atom is -0.416 e. The molecule has 0 aliphatic carbocycles. The highest BCUT2D eigenvalue weighted by Crippen LogP contribution is 2.14. The highest BCUT2D eigenvalue weighted by atomic mass is 32.2. The Balaban J connectivity index is 2.44. The molecule has 11 heavy (non-hydrogen) atoms. The average molecular weight is 173 g/mol. The largest absolute Gasteiger partial charge is 0.416 e. The quantitative estimate of drug-likeness (QED) is 0.678. The summed E-state index contributed by atoms with van der Waals surface area (Å²) in [7, 11) is 0. The van der Waals surface area contributed by atoms with Crippen LogP contribution in [0.4, 0.5) is 0 Å². The van der Waals surface area contributed by atoms with Gasteiger partial charge >= 0.3 is 0 Å². The Morgan fingerprint density at radius 2 is 2.36 bits per heavy atom. The monoisotopic (exact) mass is 173 g/mol. The molecule has 0 radical (unpaired) electrons. The van der Waals surface area contributed by atoms with Gasteiger partial charge in [0.25, 0.3) is 5.22 Å². The van der Waals surface area contributed by atoms with E-state index in [0.29, 0.717) is 17.7 Å². The maximum absolute atomic E-state index is 5.30. The zero-order chi connectivity index (χ0) is 8.10. The van der Waals surface area contributed by atoms with Gasteiger partial charge in [-0.05, 0) is 0 Å². The third-order valence-electron chi connectivity index (χ3n) is 1.09. The third kappa shape index (κ3) is 2.51. The smallest absolute Gasteiger partial charge is 0.276 e. The number of thioether (sulfide) groups is 1. The van der Waals surface area contributed by atoms with Crippen LogP contribution in [0.5, 0.6) is 0 Å². The van der Waals surface area contributed by atoms with Gasteiger partial charge in [0.2, 0.25) is 5.89 Å².